The minimum absolute atomic E-state index is 0.156. The van der Waals surface area contributed by atoms with Crippen LogP contribution in [0.4, 0.5) is 0 Å². The van der Waals surface area contributed by atoms with Crippen molar-refractivity contribution in [3.63, 3.8) is 0 Å². The summed E-state index contributed by atoms with van der Waals surface area (Å²) in [5.74, 6) is 2.80. The maximum atomic E-state index is 12.6. The van der Waals surface area contributed by atoms with Gasteiger partial charge >= 0.3 is 0 Å². The first-order valence-corrected chi connectivity index (χ1v) is 9.31. The lowest BCUT2D eigenvalue weighted by molar-refractivity contribution is -0.123. The summed E-state index contributed by atoms with van der Waals surface area (Å²) in [6, 6.07) is 8.28. The molecular formula is C20H30N2O2. The Bertz CT molecular complexity index is 533. The van der Waals surface area contributed by atoms with Gasteiger partial charge in [0, 0.05) is 6.42 Å². The Morgan fingerprint density at radius 2 is 1.83 bits per heavy atom. The number of hydrogen-bond donors (Lipinski definition) is 2. The molecule has 2 unspecified atom stereocenters. The van der Waals surface area contributed by atoms with E-state index in [1.54, 1.807) is 7.11 Å². The highest BCUT2D eigenvalue weighted by Gasteiger charge is 2.34. The van der Waals surface area contributed by atoms with Crippen LogP contribution >= 0.6 is 0 Å². The molecule has 0 radical (unpaired) electrons. The molecule has 24 heavy (non-hydrogen) atoms. The van der Waals surface area contributed by atoms with Gasteiger partial charge in [0.15, 0.2) is 0 Å². The second kappa shape index (κ2) is 8.02. The molecule has 4 nitrogen and oxygen atoms in total. The second-order valence-electron chi connectivity index (χ2n) is 7.42. The Morgan fingerprint density at radius 1 is 1.17 bits per heavy atom. The number of carbonyl (C=O) groups is 1. The number of amides is 1. The van der Waals surface area contributed by atoms with Gasteiger partial charge < -0.3 is 15.4 Å². The molecule has 0 spiro atoms. The van der Waals surface area contributed by atoms with Gasteiger partial charge in [0.2, 0.25) is 5.91 Å². The van der Waals surface area contributed by atoms with Crippen LogP contribution in [0, 0.1) is 17.8 Å². The van der Waals surface area contributed by atoms with E-state index in [0.29, 0.717) is 24.2 Å². The first-order chi connectivity index (χ1) is 11.7. The zero-order chi connectivity index (χ0) is 16.9. The highest BCUT2D eigenvalue weighted by Crippen LogP contribution is 2.41. The average Bonchev–Trinajstić information content (AvgIpc) is 3.45. The van der Waals surface area contributed by atoms with Crippen molar-refractivity contribution in [2.24, 2.45) is 17.8 Å². The zero-order valence-corrected chi connectivity index (χ0v) is 14.9. The van der Waals surface area contributed by atoms with E-state index in [9.17, 15) is 4.79 Å². The van der Waals surface area contributed by atoms with Crippen LogP contribution in [-0.2, 0) is 4.79 Å². The Kier molecular flexibility index (Phi) is 5.77. The largest absolute Gasteiger partial charge is 0.497 e. The van der Waals surface area contributed by atoms with Crippen LogP contribution in [0.2, 0.25) is 0 Å². The number of nitrogens with one attached hydrogen (secondary N) is 2. The average molecular weight is 330 g/mol. The first kappa shape index (κ1) is 17.3. The van der Waals surface area contributed by atoms with Gasteiger partial charge in [-0.25, -0.2) is 0 Å². The van der Waals surface area contributed by atoms with Gasteiger partial charge in [-0.1, -0.05) is 19.1 Å². The van der Waals surface area contributed by atoms with Gasteiger partial charge in [-0.2, -0.15) is 0 Å². The molecule has 1 aliphatic carbocycles. The summed E-state index contributed by atoms with van der Waals surface area (Å²) in [6.07, 6.45) is 5.45. The molecule has 3 rings (SSSR count). The van der Waals surface area contributed by atoms with Crippen LogP contribution in [0.3, 0.4) is 0 Å². The van der Waals surface area contributed by atoms with Gasteiger partial charge in [-0.3, -0.25) is 4.79 Å². The molecule has 1 heterocycles. The van der Waals surface area contributed by atoms with Crippen LogP contribution < -0.4 is 15.4 Å². The van der Waals surface area contributed by atoms with E-state index in [-0.39, 0.29) is 11.9 Å². The van der Waals surface area contributed by atoms with E-state index >= 15 is 0 Å². The number of ether oxygens (including phenoxy) is 1. The molecule has 0 aromatic heterocycles. The van der Waals surface area contributed by atoms with Crippen LogP contribution in [-0.4, -0.2) is 26.1 Å². The number of benzene rings is 1. The molecule has 1 saturated heterocycles. The van der Waals surface area contributed by atoms with E-state index in [2.05, 4.69) is 29.7 Å². The van der Waals surface area contributed by atoms with E-state index in [1.807, 2.05) is 12.1 Å². The molecule has 132 valence electrons. The van der Waals surface area contributed by atoms with Crippen LogP contribution in [0.1, 0.15) is 50.6 Å². The fourth-order valence-electron chi connectivity index (χ4n) is 3.82. The standard InChI is InChI=1S/C20H30N2O2/c1-14(15-9-11-21-12-10-15)13-19(23)22-20(16-3-4-16)17-5-7-18(24-2)8-6-17/h5-8,14-16,20-21H,3-4,9-13H2,1-2H3,(H,22,23). The fraction of sp³-hybridized carbons (Fsp3) is 0.650. The van der Waals surface area contributed by atoms with Gasteiger partial charge in [0.1, 0.15) is 5.75 Å². The first-order valence-electron chi connectivity index (χ1n) is 9.31. The Labute approximate surface area is 145 Å². The lowest BCUT2D eigenvalue weighted by Gasteiger charge is -2.28. The third kappa shape index (κ3) is 4.50. The third-order valence-electron chi connectivity index (χ3n) is 5.58. The summed E-state index contributed by atoms with van der Waals surface area (Å²) in [6.45, 7) is 4.41. The molecule has 1 aromatic rings. The summed E-state index contributed by atoms with van der Waals surface area (Å²) in [7, 11) is 1.68. The van der Waals surface area contributed by atoms with Crippen molar-refractivity contribution in [1.29, 1.82) is 0 Å². The Hall–Kier alpha value is -1.55. The van der Waals surface area contributed by atoms with E-state index in [1.165, 1.54) is 31.2 Å². The summed E-state index contributed by atoms with van der Waals surface area (Å²) >= 11 is 0. The second-order valence-corrected chi connectivity index (χ2v) is 7.42. The molecule has 2 N–H and O–H groups in total. The summed E-state index contributed by atoms with van der Waals surface area (Å²) in [4.78, 5) is 12.6. The quantitative estimate of drug-likeness (QED) is 0.806. The maximum absolute atomic E-state index is 12.6. The predicted molar refractivity (Wildman–Crippen MR) is 96.0 cm³/mol. The number of methoxy groups -OCH3 is 1. The summed E-state index contributed by atoms with van der Waals surface area (Å²) in [5.41, 5.74) is 1.20. The van der Waals surface area contributed by atoms with E-state index in [4.69, 9.17) is 4.74 Å². The SMILES string of the molecule is COc1ccc(C(NC(=O)CC(C)C2CCNCC2)C2CC2)cc1. The van der Waals surface area contributed by atoms with Crippen LogP contribution in [0.5, 0.6) is 5.75 Å². The third-order valence-corrected chi connectivity index (χ3v) is 5.58. The maximum Gasteiger partial charge on any atom is 0.220 e. The molecule has 4 heteroatoms. The Morgan fingerprint density at radius 3 is 2.42 bits per heavy atom. The lowest BCUT2D eigenvalue weighted by atomic mass is 9.84. The highest BCUT2D eigenvalue weighted by molar-refractivity contribution is 5.76. The molecule has 2 atom stereocenters. The molecule has 2 aliphatic rings. The monoisotopic (exact) mass is 330 g/mol. The van der Waals surface area contributed by atoms with Crippen LogP contribution in [0.25, 0.3) is 0 Å². The van der Waals surface area contributed by atoms with Gasteiger partial charge in [-0.05, 0) is 74.2 Å². The zero-order valence-electron chi connectivity index (χ0n) is 14.9. The topological polar surface area (TPSA) is 50.4 Å². The molecule has 1 saturated carbocycles. The fourth-order valence-corrected chi connectivity index (χ4v) is 3.82. The lowest BCUT2D eigenvalue weighted by Crippen LogP contribution is -2.35. The predicted octanol–water partition coefficient (Wildman–Crippen LogP) is 3.29. The number of piperidine rings is 1. The van der Waals surface area contributed by atoms with Crippen molar-refractivity contribution in [3.8, 4) is 5.75 Å². The number of hydrogen-bond acceptors (Lipinski definition) is 3. The van der Waals surface area contributed by atoms with Crippen molar-refractivity contribution < 1.29 is 9.53 Å². The molecule has 1 aromatic carbocycles. The van der Waals surface area contributed by atoms with Crippen molar-refractivity contribution in [2.45, 2.75) is 45.1 Å². The number of carbonyl (C=O) groups excluding carboxylic acids is 1. The van der Waals surface area contributed by atoms with Crippen molar-refractivity contribution >= 4 is 5.91 Å². The molecule has 1 aliphatic heterocycles. The smallest absolute Gasteiger partial charge is 0.220 e. The summed E-state index contributed by atoms with van der Waals surface area (Å²) < 4.78 is 5.23. The Balaban J connectivity index is 1.57. The molecular weight excluding hydrogens is 300 g/mol. The minimum atomic E-state index is 0.156. The van der Waals surface area contributed by atoms with Crippen molar-refractivity contribution in [2.75, 3.05) is 20.2 Å². The normalized spacial score (nSPS) is 21.1. The molecule has 0 bridgehead atoms. The van der Waals surface area contributed by atoms with Crippen LogP contribution in [0.15, 0.2) is 24.3 Å². The van der Waals surface area contributed by atoms with Crippen molar-refractivity contribution in [3.05, 3.63) is 29.8 Å². The van der Waals surface area contributed by atoms with Gasteiger partial charge in [-0.15, -0.1) is 0 Å². The highest BCUT2D eigenvalue weighted by atomic mass is 16.5. The summed E-state index contributed by atoms with van der Waals surface area (Å²) in [5, 5.41) is 6.71. The van der Waals surface area contributed by atoms with E-state index < -0.39 is 0 Å². The number of rotatable bonds is 7. The minimum Gasteiger partial charge on any atom is -0.497 e. The van der Waals surface area contributed by atoms with Gasteiger partial charge in [0.05, 0.1) is 13.2 Å². The molecule has 2 fully saturated rings. The van der Waals surface area contributed by atoms with E-state index in [0.717, 1.165) is 18.8 Å². The van der Waals surface area contributed by atoms with Crippen molar-refractivity contribution in [1.82, 2.24) is 10.6 Å². The molecule has 1 amide bonds. The van der Waals surface area contributed by atoms with Gasteiger partial charge in [0.25, 0.3) is 0 Å².